The Kier molecular flexibility index (Phi) is 15.7. The highest BCUT2D eigenvalue weighted by molar-refractivity contribution is 5.73. The minimum absolute atomic E-state index is 0.00608. The summed E-state index contributed by atoms with van der Waals surface area (Å²) in [5.41, 5.74) is 3.61. The van der Waals surface area contributed by atoms with Crippen molar-refractivity contribution in [2.24, 2.45) is 0 Å². The van der Waals surface area contributed by atoms with Gasteiger partial charge in [0.05, 0.1) is 13.2 Å². The molecular formula is C30H47FN2O3. The monoisotopic (exact) mass is 502 g/mol. The molecule has 0 aliphatic rings. The quantitative estimate of drug-likeness (QED) is 0.258. The smallest absolute Gasteiger partial charge is 0.319 e. The number of rotatable bonds is 14. The minimum Gasteiger partial charge on any atom is -0.385 e. The number of benzene rings is 2. The van der Waals surface area contributed by atoms with Crippen LogP contribution < -0.4 is 0 Å². The highest BCUT2D eigenvalue weighted by Gasteiger charge is 2.20. The van der Waals surface area contributed by atoms with Gasteiger partial charge in [-0.1, -0.05) is 69.2 Å². The molecule has 2 aromatic rings. The molecule has 0 spiro atoms. The number of hydrogen-bond acceptors (Lipinski definition) is 3. The van der Waals surface area contributed by atoms with Crippen LogP contribution in [0.1, 0.15) is 63.5 Å². The van der Waals surface area contributed by atoms with E-state index in [0.717, 1.165) is 48.9 Å². The number of aryl methyl sites for hydroxylation is 1. The van der Waals surface area contributed by atoms with Crippen molar-refractivity contribution < 1.29 is 18.7 Å². The van der Waals surface area contributed by atoms with Gasteiger partial charge in [-0.05, 0) is 43.4 Å². The summed E-state index contributed by atoms with van der Waals surface area (Å²) in [6.07, 6.45) is 3.71. The van der Waals surface area contributed by atoms with Gasteiger partial charge in [0.15, 0.2) is 0 Å². The van der Waals surface area contributed by atoms with Gasteiger partial charge in [0, 0.05) is 52.4 Å². The van der Waals surface area contributed by atoms with Gasteiger partial charge < -0.3 is 19.3 Å². The van der Waals surface area contributed by atoms with Crippen molar-refractivity contribution in [3.63, 3.8) is 0 Å². The molecule has 0 saturated heterocycles. The zero-order valence-electron chi connectivity index (χ0n) is 23.5. The fourth-order valence-corrected chi connectivity index (χ4v) is 4.20. The second-order valence-electron chi connectivity index (χ2n) is 8.96. The van der Waals surface area contributed by atoms with Gasteiger partial charge in [-0.2, -0.15) is 0 Å². The predicted molar refractivity (Wildman–Crippen MR) is 148 cm³/mol. The number of methoxy groups -OCH3 is 1. The maximum absolute atomic E-state index is 15.1. The topological polar surface area (TPSA) is 42.0 Å². The third-order valence-corrected chi connectivity index (χ3v) is 6.05. The lowest BCUT2D eigenvalue weighted by Gasteiger charge is -2.25. The normalized spacial score (nSPS) is 11.4. The fraction of sp³-hybridized carbons (Fsp3) is 0.567. The molecule has 0 radical (unpaired) electrons. The first-order valence-electron chi connectivity index (χ1n) is 13.3. The predicted octanol–water partition coefficient (Wildman–Crippen LogP) is 7.14. The number of carbonyl (C=O) groups is 1. The molecule has 2 rings (SSSR count). The Hall–Kier alpha value is -2.44. The van der Waals surface area contributed by atoms with Crippen molar-refractivity contribution in [2.45, 2.75) is 59.3 Å². The number of likely N-dealkylation sites (N-methyl/N-ethyl adjacent to an activating group) is 1. The average Bonchev–Trinajstić information content (AvgIpc) is 2.88. The molecule has 0 bridgehead atoms. The molecule has 0 aliphatic carbocycles. The van der Waals surface area contributed by atoms with Gasteiger partial charge in [0.25, 0.3) is 0 Å². The van der Waals surface area contributed by atoms with Crippen molar-refractivity contribution in [3.05, 3.63) is 59.4 Å². The summed E-state index contributed by atoms with van der Waals surface area (Å²) in [6, 6.07) is 13.3. The molecule has 0 fully saturated rings. The fourth-order valence-electron chi connectivity index (χ4n) is 4.20. The molecule has 6 heteroatoms. The molecule has 1 unspecified atom stereocenters. The Morgan fingerprint density at radius 2 is 1.69 bits per heavy atom. The van der Waals surface area contributed by atoms with E-state index in [1.807, 2.05) is 58.2 Å². The molecule has 0 aliphatic heterocycles. The van der Waals surface area contributed by atoms with Crippen molar-refractivity contribution >= 4 is 6.03 Å². The van der Waals surface area contributed by atoms with Gasteiger partial charge in [-0.25, -0.2) is 9.18 Å². The van der Waals surface area contributed by atoms with E-state index in [1.54, 1.807) is 30.0 Å². The number of halogens is 1. The number of amides is 2. The van der Waals surface area contributed by atoms with Crippen LogP contribution in [0.3, 0.4) is 0 Å². The number of hydrogen-bond donors (Lipinski definition) is 0. The highest BCUT2D eigenvalue weighted by Crippen LogP contribution is 2.35. The molecule has 1 atom stereocenters. The van der Waals surface area contributed by atoms with Crippen molar-refractivity contribution in [1.82, 2.24) is 9.80 Å². The van der Waals surface area contributed by atoms with Crippen LogP contribution >= 0.6 is 0 Å². The van der Waals surface area contributed by atoms with E-state index in [1.165, 1.54) is 6.07 Å². The largest absolute Gasteiger partial charge is 0.385 e. The molecule has 36 heavy (non-hydrogen) atoms. The molecule has 2 amide bonds. The van der Waals surface area contributed by atoms with E-state index in [9.17, 15) is 4.79 Å². The van der Waals surface area contributed by atoms with Crippen LogP contribution in [0.15, 0.2) is 42.5 Å². The second-order valence-corrected chi connectivity index (χ2v) is 8.96. The summed E-state index contributed by atoms with van der Waals surface area (Å²) in [5, 5.41) is 0. The third-order valence-electron chi connectivity index (χ3n) is 6.05. The summed E-state index contributed by atoms with van der Waals surface area (Å²) < 4.78 is 26.3. The Morgan fingerprint density at radius 3 is 2.36 bits per heavy atom. The Bertz CT molecular complexity index is 890. The summed E-state index contributed by atoms with van der Waals surface area (Å²) in [6.45, 7) is 10.9. The molecule has 0 heterocycles. The lowest BCUT2D eigenvalue weighted by Crippen LogP contribution is -2.40. The van der Waals surface area contributed by atoms with Gasteiger partial charge in [0.2, 0.25) is 0 Å². The van der Waals surface area contributed by atoms with Crippen LogP contribution in [0.5, 0.6) is 0 Å². The van der Waals surface area contributed by atoms with Crippen LogP contribution in [-0.2, 0) is 9.47 Å². The van der Waals surface area contributed by atoms with Crippen LogP contribution in [0.25, 0.3) is 11.1 Å². The molecule has 0 N–H and O–H groups in total. The second kappa shape index (κ2) is 17.9. The lowest BCUT2D eigenvalue weighted by atomic mass is 9.87. The standard InChI is InChI=1S/C28H41FN2O3.C2H6/c1-6-16-30(3)28(32)31(4)17-19-34-21-24(12-7-8-18-33-5)25-14-10-15-26(29)27(25)23-13-9-11-22(2)20-23;1-2/h9-11,13-15,20,24H,6-8,12,16-19,21H2,1-5H3;1-2H3. The number of unbranched alkanes of at least 4 members (excludes halogenated alkanes) is 1. The summed E-state index contributed by atoms with van der Waals surface area (Å²) in [5.74, 6) is -0.166. The van der Waals surface area contributed by atoms with Crippen molar-refractivity contribution in [2.75, 3.05) is 54.1 Å². The zero-order valence-corrected chi connectivity index (χ0v) is 23.5. The van der Waals surface area contributed by atoms with Gasteiger partial charge in [-0.3, -0.25) is 0 Å². The Morgan fingerprint density at radius 1 is 1.00 bits per heavy atom. The summed E-state index contributed by atoms with van der Waals surface area (Å²) in [7, 11) is 5.32. The third kappa shape index (κ3) is 10.3. The SMILES string of the molecule is CC.CCCN(C)C(=O)N(C)CCOCC(CCCCOC)c1cccc(F)c1-c1cccc(C)c1. The number of nitrogens with zero attached hydrogens (tertiary/aromatic N) is 2. The number of carbonyl (C=O) groups excluding carboxylic acids is 1. The van der Waals surface area contributed by atoms with Gasteiger partial charge in [-0.15, -0.1) is 0 Å². The first kappa shape index (κ1) is 31.6. The maximum Gasteiger partial charge on any atom is 0.319 e. The summed E-state index contributed by atoms with van der Waals surface area (Å²) in [4.78, 5) is 15.8. The van der Waals surface area contributed by atoms with E-state index in [0.29, 0.717) is 31.9 Å². The molecule has 2 aromatic carbocycles. The van der Waals surface area contributed by atoms with Crippen molar-refractivity contribution in [1.29, 1.82) is 0 Å². The lowest BCUT2D eigenvalue weighted by molar-refractivity contribution is 0.0958. The highest BCUT2D eigenvalue weighted by atomic mass is 19.1. The molecule has 0 saturated carbocycles. The van der Waals surface area contributed by atoms with Crippen LogP contribution in [0.2, 0.25) is 0 Å². The van der Waals surface area contributed by atoms with Crippen LogP contribution in [-0.4, -0.2) is 69.9 Å². The maximum atomic E-state index is 15.1. The Labute approximate surface area is 218 Å². The first-order chi connectivity index (χ1) is 17.4. The summed E-state index contributed by atoms with van der Waals surface area (Å²) >= 11 is 0. The molecule has 202 valence electrons. The van der Waals surface area contributed by atoms with E-state index in [2.05, 4.69) is 6.92 Å². The van der Waals surface area contributed by atoms with Crippen LogP contribution in [0.4, 0.5) is 9.18 Å². The van der Waals surface area contributed by atoms with Gasteiger partial charge in [0.1, 0.15) is 5.82 Å². The minimum atomic E-state index is -0.214. The zero-order chi connectivity index (χ0) is 26.9. The van der Waals surface area contributed by atoms with E-state index in [-0.39, 0.29) is 17.8 Å². The number of urea groups is 1. The van der Waals surface area contributed by atoms with Gasteiger partial charge >= 0.3 is 6.03 Å². The van der Waals surface area contributed by atoms with E-state index < -0.39 is 0 Å². The first-order valence-corrected chi connectivity index (χ1v) is 13.3. The Balaban J connectivity index is 0.00000316. The molecule has 5 nitrogen and oxygen atoms in total. The molecular weight excluding hydrogens is 455 g/mol. The van der Waals surface area contributed by atoms with Crippen molar-refractivity contribution in [3.8, 4) is 11.1 Å². The van der Waals surface area contributed by atoms with Crippen LogP contribution in [0, 0.1) is 12.7 Å². The molecule has 0 aromatic heterocycles. The van der Waals surface area contributed by atoms with E-state index >= 15 is 4.39 Å². The van der Waals surface area contributed by atoms with E-state index in [4.69, 9.17) is 9.47 Å². The average molecular weight is 503 g/mol. The number of ether oxygens (including phenoxy) is 2.